The topological polar surface area (TPSA) is 99.4 Å². The third-order valence-corrected chi connectivity index (χ3v) is 4.76. The minimum atomic E-state index is -0.220. The predicted octanol–water partition coefficient (Wildman–Crippen LogP) is 3.46. The molecule has 0 aliphatic carbocycles. The number of methoxy groups -OCH3 is 2. The molecule has 1 N–H and O–H groups in total. The highest BCUT2D eigenvalue weighted by atomic mass is 16.5. The normalized spacial score (nSPS) is 10.8. The maximum absolute atomic E-state index is 12.5. The van der Waals surface area contributed by atoms with E-state index in [2.05, 4.69) is 20.3 Å². The molecule has 2 aromatic heterocycles. The first kappa shape index (κ1) is 20.3. The monoisotopic (exact) mass is 418 g/mol. The van der Waals surface area contributed by atoms with Crippen LogP contribution in [0.15, 0.2) is 53.2 Å². The Hall–Kier alpha value is -3.94. The van der Waals surface area contributed by atoms with E-state index in [1.807, 2.05) is 25.1 Å². The van der Waals surface area contributed by atoms with Crippen LogP contribution in [0.5, 0.6) is 11.5 Å². The molecular weight excluding hydrogens is 396 g/mol. The molecule has 0 fully saturated rings. The number of hydrogen-bond acceptors (Lipinski definition) is 7. The number of carbonyl (C=O) groups is 1. The van der Waals surface area contributed by atoms with Gasteiger partial charge in [-0.25, -0.2) is 4.98 Å². The van der Waals surface area contributed by atoms with E-state index in [0.717, 1.165) is 11.3 Å². The lowest BCUT2D eigenvalue weighted by Gasteiger charge is -2.08. The zero-order valence-corrected chi connectivity index (χ0v) is 17.5. The van der Waals surface area contributed by atoms with Crippen LogP contribution < -0.4 is 14.8 Å². The number of nitrogens with one attached hydrogen (secondary N) is 1. The second-order valence-electron chi connectivity index (χ2n) is 6.99. The van der Waals surface area contributed by atoms with Crippen LogP contribution in [0.2, 0.25) is 0 Å². The second-order valence-corrected chi connectivity index (χ2v) is 6.99. The fourth-order valence-electron chi connectivity index (χ4n) is 3.14. The SMILES string of the molecule is COc1ccc(Cc2nc3ccc(C(=O)NCc4cnc(C)cn4)cc3o2)cc1OC. The van der Waals surface area contributed by atoms with E-state index in [9.17, 15) is 4.79 Å². The van der Waals surface area contributed by atoms with Gasteiger partial charge in [-0.05, 0) is 42.8 Å². The Balaban J connectivity index is 1.47. The van der Waals surface area contributed by atoms with Gasteiger partial charge in [0, 0.05) is 18.2 Å². The van der Waals surface area contributed by atoms with Gasteiger partial charge in [-0.15, -0.1) is 0 Å². The number of nitrogens with zero attached hydrogens (tertiary/aromatic N) is 3. The Bertz CT molecular complexity index is 1220. The van der Waals surface area contributed by atoms with Crippen LogP contribution in [0.25, 0.3) is 11.1 Å². The average molecular weight is 418 g/mol. The highest BCUT2D eigenvalue weighted by molar-refractivity contribution is 5.96. The molecule has 31 heavy (non-hydrogen) atoms. The zero-order chi connectivity index (χ0) is 21.8. The number of fused-ring (bicyclic) bond motifs is 1. The Morgan fingerprint density at radius 2 is 1.87 bits per heavy atom. The third kappa shape index (κ3) is 4.63. The minimum absolute atomic E-state index is 0.220. The highest BCUT2D eigenvalue weighted by Crippen LogP contribution is 2.29. The number of aromatic nitrogens is 3. The van der Waals surface area contributed by atoms with Gasteiger partial charge in [0.1, 0.15) is 5.52 Å². The van der Waals surface area contributed by atoms with E-state index in [-0.39, 0.29) is 5.91 Å². The number of benzene rings is 2. The summed E-state index contributed by atoms with van der Waals surface area (Å²) in [5, 5.41) is 2.84. The lowest BCUT2D eigenvalue weighted by Crippen LogP contribution is -2.23. The first-order chi connectivity index (χ1) is 15.1. The van der Waals surface area contributed by atoms with Crippen molar-refractivity contribution in [3.8, 4) is 11.5 Å². The molecule has 0 saturated carbocycles. The van der Waals surface area contributed by atoms with Crippen LogP contribution in [-0.4, -0.2) is 35.1 Å². The molecule has 0 unspecified atom stereocenters. The van der Waals surface area contributed by atoms with Crippen LogP contribution >= 0.6 is 0 Å². The molecule has 0 aliphatic rings. The Labute approximate surface area is 179 Å². The number of aryl methyl sites for hydroxylation is 1. The standard InChI is InChI=1S/C23H22N4O4/c1-14-11-25-17(12-24-14)13-26-23(28)16-5-6-18-20(10-16)31-22(27-18)9-15-4-7-19(29-2)21(8-15)30-3/h4-8,10-12H,9,13H2,1-3H3,(H,26,28). The van der Waals surface area contributed by atoms with E-state index in [0.29, 0.717) is 52.7 Å². The van der Waals surface area contributed by atoms with Gasteiger partial charge in [-0.3, -0.25) is 14.8 Å². The van der Waals surface area contributed by atoms with Gasteiger partial charge in [0.25, 0.3) is 5.91 Å². The fraction of sp³-hybridized carbons (Fsp3) is 0.217. The van der Waals surface area contributed by atoms with Crippen LogP contribution in [-0.2, 0) is 13.0 Å². The summed E-state index contributed by atoms with van der Waals surface area (Å²) in [7, 11) is 3.19. The van der Waals surface area contributed by atoms with Crippen LogP contribution in [0.4, 0.5) is 0 Å². The van der Waals surface area contributed by atoms with E-state index >= 15 is 0 Å². The number of hydrogen-bond donors (Lipinski definition) is 1. The molecule has 0 bridgehead atoms. The maximum Gasteiger partial charge on any atom is 0.251 e. The number of rotatable bonds is 7. The van der Waals surface area contributed by atoms with Crippen molar-refractivity contribution >= 4 is 17.0 Å². The van der Waals surface area contributed by atoms with Crippen LogP contribution in [0, 0.1) is 6.92 Å². The largest absolute Gasteiger partial charge is 0.493 e. The van der Waals surface area contributed by atoms with E-state index in [1.54, 1.807) is 44.8 Å². The van der Waals surface area contributed by atoms with Crippen molar-refractivity contribution in [3.63, 3.8) is 0 Å². The molecule has 8 nitrogen and oxygen atoms in total. The average Bonchev–Trinajstić information content (AvgIpc) is 3.19. The highest BCUT2D eigenvalue weighted by Gasteiger charge is 2.13. The van der Waals surface area contributed by atoms with Crippen molar-refractivity contribution in [2.24, 2.45) is 0 Å². The predicted molar refractivity (Wildman–Crippen MR) is 114 cm³/mol. The van der Waals surface area contributed by atoms with E-state index in [1.165, 1.54) is 0 Å². The molecule has 0 spiro atoms. The van der Waals surface area contributed by atoms with Crippen molar-refractivity contribution in [1.29, 1.82) is 0 Å². The summed E-state index contributed by atoms with van der Waals surface area (Å²) in [6.07, 6.45) is 3.81. The van der Waals surface area contributed by atoms with Crippen molar-refractivity contribution in [1.82, 2.24) is 20.3 Å². The van der Waals surface area contributed by atoms with Gasteiger partial charge >= 0.3 is 0 Å². The summed E-state index contributed by atoms with van der Waals surface area (Å²) in [5.74, 6) is 1.64. The molecule has 0 radical (unpaired) electrons. The third-order valence-electron chi connectivity index (χ3n) is 4.76. The summed E-state index contributed by atoms with van der Waals surface area (Å²) < 4.78 is 16.5. The molecule has 4 aromatic rings. The van der Waals surface area contributed by atoms with Crippen molar-refractivity contribution < 1.29 is 18.7 Å². The molecule has 2 aromatic carbocycles. The van der Waals surface area contributed by atoms with Crippen molar-refractivity contribution in [3.05, 3.63) is 77.2 Å². The molecule has 2 heterocycles. The molecule has 0 saturated heterocycles. The number of oxazole rings is 1. The van der Waals surface area contributed by atoms with E-state index in [4.69, 9.17) is 13.9 Å². The van der Waals surface area contributed by atoms with Crippen molar-refractivity contribution in [2.45, 2.75) is 19.9 Å². The fourth-order valence-corrected chi connectivity index (χ4v) is 3.14. The van der Waals surface area contributed by atoms with Crippen LogP contribution in [0.1, 0.15) is 33.2 Å². The van der Waals surface area contributed by atoms with E-state index < -0.39 is 0 Å². The molecule has 158 valence electrons. The van der Waals surface area contributed by atoms with Gasteiger partial charge in [0.2, 0.25) is 0 Å². The van der Waals surface area contributed by atoms with Crippen molar-refractivity contribution in [2.75, 3.05) is 14.2 Å². The Morgan fingerprint density at radius 1 is 1.03 bits per heavy atom. The van der Waals surface area contributed by atoms with Gasteiger partial charge in [-0.2, -0.15) is 0 Å². The zero-order valence-electron chi connectivity index (χ0n) is 17.5. The molecule has 4 rings (SSSR count). The second kappa shape index (κ2) is 8.83. The summed E-state index contributed by atoms with van der Waals surface area (Å²) >= 11 is 0. The van der Waals surface area contributed by atoms with Gasteiger partial charge in [0.05, 0.1) is 38.3 Å². The minimum Gasteiger partial charge on any atom is -0.493 e. The van der Waals surface area contributed by atoms with Gasteiger partial charge in [0.15, 0.2) is 23.0 Å². The lowest BCUT2D eigenvalue weighted by molar-refractivity contribution is 0.0950. The first-order valence-corrected chi connectivity index (χ1v) is 9.72. The van der Waals surface area contributed by atoms with Gasteiger partial charge in [-0.1, -0.05) is 6.07 Å². The quantitative estimate of drug-likeness (QED) is 0.491. The maximum atomic E-state index is 12.5. The number of ether oxygens (including phenoxy) is 2. The molecule has 1 amide bonds. The molecule has 0 atom stereocenters. The number of carbonyl (C=O) groups excluding carboxylic acids is 1. The summed E-state index contributed by atoms with van der Waals surface area (Å²) in [5.41, 5.74) is 4.23. The lowest BCUT2D eigenvalue weighted by atomic mass is 10.1. The molecule has 0 aliphatic heterocycles. The number of amides is 1. The Morgan fingerprint density at radius 3 is 2.61 bits per heavy atom. The summed E-state index contributed by atoms with van der Waals surface area (Å²) in [6, 6.07) is 10.9. The van der Waals surface area contributed by atoms with Gasteiger partial charge < -0.3 is 19.2 Å². The van der Waals surface area contributed by atoms with Crippen LogP contribution in [0.3, 0.4) is 0 Å². The first-order valence-electron chi connectivity index (χ1n) is 9.72. The summed E-state index contributed by atoms with van der Waals surface area (Å²) in [4.78, 5) is 25.4. The smallest absolute Gasteiger partial charge is 0.251 e. The molecular formula is C23H22N4O4. The summed E-state index contributed by atoms with van der Waals surface area (Å²) in [6.45, 7) is 2.16. The molecule has 8 heteroatoms. The Kier molecular flexibility index (Phi) is 5.79.